The highest BCUT2D eigenvalue weighted by molar-refractivity contribution is 6.31. The molecule has 0 radical (unpaired) electrons. The average molecular weight is 198 g/mol. The lowest BCUT2D eigenvalue weighted by Gasteiger charge is -1.98. The van der Waals surface area contributed by atoms with Crippen LogP contribution in [0.2, 0.25) is 5.02 Å². The summed E-state index contributed by atoms with van der Waals surface area (Å²) >= 11 is 5.60. The van der Waals surface area contributed by atoms with Crippen LogP contribution in [0.5, 0.6) is 0 Å². The smallest absolute Gasteiger partial charge is 0.193 e. The van der Waals surface area contributed by atoms with E-state index in [4.69, 9.17) is 16.9 Å². The normalized spacial score (nSPS) is 9.31. The summed E-state index contributed by atoms with van der Waals surface area (Å²) in [5.74, 6) is -0.668. The summed E-state index contributed by atoms with van der Waals surface area (Å²) < 4.78 is 12.0. The third kappa shape index (κ3) is 2.27. The van der Waals surface area contributed by atoms with E-state index in [-0.39, 0.29) is 16.1 Å². The maximum absolute atomic E-state index is 12.0. The molecule has 0 aliphatic heterocycles. The van der Waals surface area contributed by atoms with Crippen molar-refractivity contribution in [1.82, 2.24) is 0 Å². The van der Waals surface area contributed by atoms with E-state index in [1.54, 1.807) is 0 Å². The second-order valence-corrected chi connectivity index (χ2v) is 2.83. The van der Waals surface area contributed by atoms with E-state index in [1.165, 1.54) is 18.2 Å². The van der Waals surface area contributed by atoms with Crippen molar-refractivity contribution >= 4 is 17.4 Å². The van der Waals surface area contributed by atoms with Crippen molar-refractivity contribution in [2.24, 2.45) is 0 Å². The molecular weight excluding hydrogens is 193 g/mol. The monoisotopic (exact) mass is 197 g/mol. The Bertz CT molecular complexity index is 384. The lowest BCUT2D eigenvalue weighted by molar-refractivity contribution is 0.0958. The average Bonchev–Trinajstić information content (AvgIpc) is 2.15. The van der Waals surface area contributed by atoms with Crippen LogP contribution in [0.1, 0.15) is 15.9 Å². The molecule has 0 bridgehead atoms. The van der Waals surface area contributed by atoms with Crippen molar-refractivity contribution in [2.45, 2.75) is 0 Å². The largest absolute Gasteiger partial charge is 0.291 e. The number of rotatable bonds is 2. The Balaban J connectivity index is 3.17. The first-order chi connectivity index (χ1) is 6.17. The number of hydrogen-bond acceptors (Lipinski definition) is 2. The van der Waals surface area contributed by atoms with E-state index in [0.29, 0.717) is 0 Å². The summed E-state index contributed by atoms with van der Waals surface area (Å²) in [4.78, 5) is 10.9. The Kier molecular flexibility index (Phi) is 2.99. The van der Waals surface area contributed by atoms with Crippen molar-refractivity contribution in [2.75, 3.05) is 6.67 Å². The van der Waals surface area contributed by atoms with Gasteiger partial charge in [-0.2, -0.15) is 5.26 Å². The van der Waals surface area contributed by atoms with Crippen LogP contribution >= 0.6 is 11.6 Å². The van der Waals surface area contributed by atoms with Gasteiger partial charge in [0.2, 0.25) is 0 Å². The number of carbonyl (C=O) groups is 1. The summed E-state index contributed by atoms with van der Waals surface area (Å²) in [5, 5.41) is 8.79. The number of nitriles is 1. The zero-order chi connectivity index (χ0) is 9.84. The quantitative estimate of drug-likeness (QED) is 0.683. The Labute approximate surface area is 79.5 Å². The predicted molar refractivity (Wildman–Crippen MR) is 46.5 cm³/mol. The van der Waals surface area contributed by atoms with E-state index in [2.05, 4.69) is 0 Å². The van der Waals surface area contributed by atoms with Gasteiger partial charge in [0.15, 0.2) is 12.5 Å². The summed E-state index contributed by atoms with van der Waals surface area (Å²) in [5.41, 5.74) is 0.385. The Hall–Kier alpha value is -1.40. The molecule has 0 aliphatic rings. The molecule has 1 aromatic rings. The van der Waals surface area contributed by atoms with E-state index in [1.807, 2.05) is 6.07 Å². The summed E-state index contributed by atoms with van der Waals surface area (Å²) in [6.45, 7) is -1.08. The minimum Gasteiger partial charge on any atom is -0.291 e. The first-order valence-corrected chi connectivity index (χ1v) is 3.85. The van der Waals surface area contributed by atoms with Gasteiger partial charge in [0.05, 0.1) is 11.6 Å². The lowest BCUT2D eigenvalue weighted by atomic mass is 10.1. The Morgan fingerprint density at radius 1 is 1.54 bits per heavy atom. The van der Waals surface area contributed by atoms with Gasteiger partial charge in [0.25, 0.3) is 0 Å². The molecule has 0 aliphatic carbocycles. The molecule has 2 nitrogen and oxygen atoms in total. The Morgan fingerprint density at radius 3 is 2.77 bits per heavy atom. The van der Waals surface area contributed by atoms with Crippen LogP contribution < -0.4 is 0 Å². The highest BCUT2D eigenvalue weighted by Crippen LogP contribution is 2.15. The van der Waals surface area contributed by atoms with Crippen LogP contribution in [0.3, 0.4) is 0 Å². The van der Waals surface area contributed by atoms with Gasteiger partial charge in [-0.3, -0.25) is 4.79 Å². The molecular formula is C9H5ClFNO. The predicted octanol–water partition coefficient (Wildman–Crippen LogP) is 2.36. The standard InChI is InChI=1S/C9H5ClFNO/c10-8-2-6(5-12)1-7(3-8)9(13)4-11/h1-3H,4H2. The van der Waals surface area contributed by atoms with Crippen molar-refractivity contribution < 1.29 is 9.18 Å². The van der Waals surface area contributed by atoms with Crippen LogP contribution in [0, 0.1) is 11.3 Å². The topological polar surface area (TPSA) is 40.9 Å². The van der Waals surface area contributed by atoms with Crippen LogP contribution in [0.25, 0.3) is 0 Å². The zero-order valence-electron chi connectivity index (χ0n) is 6.55. The molecule has 0 spiro atoms. The molecule has 1 aromatic carbocycles. The number of hydrogen-bond donors (Lipinski definition) is 0. The number of alkyl halides is 1. The molecule has 66 valence electrons. The van der Waals surface area contributed by atoms with Crippen molar-refractivity contribution in [3.05, 3.63) is 34.3 Å². The fourth-order valence-corrected chi connectivity index (χ4v) is 1.13. The number of carbonyl (C=O) groups excluding carboxylic acids is 1. The molecule has 0 aromatic heterocycles. The van der Waals surface area contributed by atoms with Gasteiger partial charge in [-0.25, -0.2) is 4.39 Å². The highest BCUT2D eigenvalue weighted by Gasteiger charge is 2.07. The van der Waals surface area contributed by atoms with E-state index < -0.39 is 12.5 Å². The second-order valence-electron chi connectivity index (χ2n) is 2.40. The van der Waals surface area contributed by atoms with E-state index in [9.17, 15) is 9.18 Å². The lowest BCUT2D eigenvalue weighted by Crippen LogP contribution is -2.01. The van der Waals surface area contributed by atoms with E-state index >= 15 is 0 Å². The number of nitrogens with zero attached hydrogens (tertiary/aromatic N) is 1. The van der Waals surface area contributed by atoms with Gasteiger partial charge in [-0.1, -0.05) is 11.6 Å². The molecule has 0 fully saturated rings. The molecule has 13 heavy (non-hydrogen) atoms. The Morgan fingerprint density at radius 2 is 2.23 bits per heavy atom. The molecule has 0 saturated carbocycles. The maximum Gasteiger partial charge on any atom is 0.193 e. The van der Waals surface area contributed by atoms with Crippen LogP contribution in [-0.2, 0) is 0 Å². The van der Waals surface area contributed by atoms with Crippen molar-refractivity contribution in [3.63, 3.8) is 0 Å². The van der Waals surface area contributed by atoms with Crippen LogP contribution in [0.4, 0.5) is 4.39 Å². The third-order valence-electron chi connectivity index (χ3n) is 1.47. The molecule has 0 heterocycles. The molecule has 0 amide bonds. The number of benzene rings is 1. The van der Waals surface area contributed by atoms with Crippen LogP contribution in [0.15, 0.2) is 18.2 Å². The maximum atomic E-state index is 12.0. The molecule has 0 unspecified atom stereocenters. The highest BCUT2D eigenvalue weighted by atomic mass is 35.5. The minimum absolute atomic E-state index is 0.131. The summed E-state index contributed by atoms with van der Waals surface area (Å²) in [7, 11) is 0. The molecule has 4 heteroatoms. The SMILES string of the molecule is N#Cc1cc(Cl)cc(C(=O)CF)c1. The fraction of sp³-hybridized carbons (Fsp3) is 0.111. The minimum atomic E-state index is -1.08. The van der Waals surface area contributed by atoms with E-state index in [0.717, 1.165) is 0 Å². The van der Waals surface area contributed by atoms with Gasteiger partial charge >= 0.3 is 0 Å². The van der Waals surface area contributed by atoms with Gasteiger partial charge in [-0.05, 0) is 18.2 Å². The number of Topliss-reactive ketones (excluding diaryl/α,β-unsaturated/α-hetero) is 1. The number of ketones is 1. The second kappa shape index (κ2) is 4.01. The number of halogens is 2. The molecule has 0 N–H and O–H groups in total. The first kappa shape index (κ1) is 9.69. The van der Waals surface area contributed by atoms with Gasteiger partial charge < -0.3 is 0 Å². The first-order valence-electron chi connectivity index (χ1n) is 3.47. The fourth-order valence-electron chi connectivity index (χ4n) is 0.892. The zero-order valence-corrected chi connectivity index (χ0v) is 7.31. The van der Waals surface area contributed by atoms with Crippen molar-refractivity contribution in [1.29, 1.82) is 5.26 Å². The molecule has 0 saturated heterocycles. The molecule has 0 atom stereocenters. The van der Waals surface area contributed by atoms with Crippen molar-refractivity contribution in [3.8, 4) is 6.07 Å². The summed E-state index contributed by atoms with van der Waals surface area (Å²) in [6, 6.07) is 5.89. The van der Waals surface area contributed by atoms with Gasteiger partial charge in [0.1, 0.15) is 0 Å². The van der Waals surface area contributed by atoms with Crippen LogP contribution in [-0.4, -0.2) is 12.5 Å². The third-order valence-corrected chi connectivity index (χ3v) is 1.69. The van der Waals surface area contributed by atoms with Gasteiger partial charge in [0, 0.05) is 10.6 Å². The van der Waals surface area contributed by atoms with Gasteiger partial charge in [-0.15, -0.1) is 0 Å². The molecule has 1 rings (SSSR count). The summed E-state index contributed by atoms with van der Waals surface area (Å²) in [6.07, 6.45) is 0.